The van der Waals surface area contributed by atoms with E-state index in [1.807, 2.05) is 12.1 Å². The van der Waals surface area contributed by atoms with Crippen molar-refractivity contribution >= 4 is 17.3 Å². The van der Waals surface area contributed by atoms with E-state index in [0.717, 1.165) is 30.9 Å². The largest absolute Gasteiger partial charge is 0.369 e. The smallest absolute Gasteiger partial charge is 0.199 e. The number of rotatable bonds is 2. The number of hydrogen-bond donors (Lipinski definition) is 2. The van der Waals surface area contributed by atoms with Crippen LogP contribution in [0, 0.1) is 0 Å². The summed E-state index contributed by atoms with van der Waals surface area (Å²) in [5.41, 5.74) is 2.17. The zero-order valence-corrected chi connectivity index (χ0v) is 13.1. The molecule has 23 heavy (non-hydrogen) atoms. The van der Waals surface area contributed by atoms with Crippen LogP contribution in [-0.2, 0) is 6.54 Å². The molecular weight excluding hydrogens is 286 g/mol. The van der Waals surface area contributed by atoms with Gasteiger partial charge in [0.05, 0.1) is 17.4 Å². The summed E-state index contributed by atoms with van der Waals surface area (Å²) in [4.78, 5) is 4.81. The number of anilines is 1. The number of hydrogen-bond acceptors (Lipinski definition) is 5. The van der Waals surface area contributed by atoms with Gasteiger partial charge in [0, 0.05) is 6.54 Å². The lowest BCUT2D eigenvalue weighted by Crippen LogP contribution is -2.54. The van der Waals surface area contributed by atoms with Crippen LogP contribution in [0.25, 0.3) is 0 Å². The lowest BCUT2D eigenvalue weighted by atomic mass is 9.79. The molecule has 5 nitrogen and oxygen atoms in total. The second-order valence-corrected chi connectivity index (χ2v) is 6.34. The zero-order chi connectivity index (χ0) is 15.5. The van der Waals surface area contributed by atoms with Crippen molar-refractivity contribution in [1.29, 1.82) is 0 Å². The van der Waals surface area contributed by atoms with E-state index in [4.69, 9.17) is 4.99 Å². The maximum atomic E-state index is 4.81. The molecule has 0 unspecified atom stereocenters. The Morgan fingerprint density at radius 3 is 2.70 bits per heavy atom. The predicted octanol–water partition coefficient (Wildman–Crippen LogP) is 3.42. The molecule has 0 bridgehead atoms. The minimum absolute atomic E-state index is 0.0803. The number of amidine groups is 1. The average Bonchev–Trinajstić information content (AvgIpc) is 2.61. The molecule has 2 N–H and O–H groups in total. The van der Waals surface area contributed by atoms with Gasteiger partial charge in [0.25, 0.3) is 0 Å². The summed E-state index contributed by atoms with van der Waals surface area (Å²) in [5, 5.41) is 15.4. The van der Waals surface area contributed by atoms with E-state index < -0.39 is 0 Å². The van der Waals surface area contributed by atoms with Crippen molar-refractivity contribution in [1.82, 2.24) is 15.5 Å². The second-order valence-electron chi connectivity index (χ2n) is 6.34. The van der Waals surface area contributed by atoms with Crippen molar-refractivity contribution in [3.05, 3.63) is 48.2 Å². The number of nitrogens with zero attached hydrogens (tertiary/aromatic N) is 3. The van der Waals surface area contributed by atoms with E-state index in [-0.39, 0.29) is 5.54 Å². The van der Waals surface area contributed by atoms with Gasteiger partial charge in [-0.05, 0) is 24.5 Å². The van der Waals surface area contributed by atoms with Crippen LogP contribution in [0.5, 0.6) is 0 Å². The molecule has 1 aromatic carbocycles. The molecule has 1 saturated carbocycles. The lowest BCUT2D eigenvalue weighted by Gasteiger charge is -2.42. The molecule has 2 aromatic rings. The van der Waals surface area contributed by atoms with Crippen molar-refractivity contribution in [2.24, 2.45) is 4.99 Å². The second kappa shape index (κ2) is 5.99. The monoisotopic (exact) mass is 307 g/mol. The molecule has 0 radical (unpaired) electrons. The molecule has 2 heterocycles. The van der Waals surface area contributed by atoms with Gasteiger partial charge in [-0.1, -0.05) is 49.6 Å². The molecule has 0 atom stereocenters. The number of fused-ring (bicyclic) bond motifs is 1. The van der Waals surface area contributed by atoms with Gasteiger partial charge in [0.2, 0.25) is 0 Å². The third-order valence-electron chi connectivity index (χ3n) is 4.76. The molecule has 1 aliphatic heterocycles. The minimum Gasteiger partial charge on any atom is -0.369 e. The molecule has 1 fully saturated rings. The van der Waals surface area contributed by atoms with Gasteiger partial charge in [-0.15, -0.1) is 5.10 Å². The molecule has 4 rings (SSSR count). The molecule has 5 heteroatoms. The zero-order valence-electron chi connectivity index (χ0n) is 13.1. The molecule has 0 amide bonds. The van der Waals surface area contributed by atoms with Crippen molar-refractivity contribution in [3.8, 4) is 0 Å². The Bertz CT molecular complexity index is 704. The van der Waals surface area contributed by atoms with Gasteiger partial charge < -0.3 is 10.6 Å². The van der Waals surface area contributed by atoms with Crippen LogP contribution in [0.3, 0.4) is 0 Å². The maximum Gasteiger partial charge on any atom is 0.199 e. The third-order valence-corrected chi connectivity index (χ3v) is 4.76. The van der Waals surface area contributed by atoms with Crippen LogP contribution >= 0.6 is 0 Å². The highest BCUT2D eigenvalue weighted by Gasteiger charge is 2.40. The normalized spacial score (nSPS) is 18.7. The van der Waals surface area contributed by atoms with Crippen molar-refractivity contribution in [3.63, 3.8) is 0 Å². The third kappa shape index (κ3) is 2.79. The summed E-state index contributed by atoms with van der Waals surface area (Å²) in [6.07, 6.45) is 7.70. The molecule has 1 aliphatic carbocycles. The Balaban J connectivity index is 1.63. The summed E-state index contributed by atoms with van der Waals surface area (Å²) in [5.74, 6) is 1.69. The Labute approximate surface area is 136 Å². The summed E-state index contributed by atoms with van der Waals surface area (Å²) < 4.78 is 0. The van der Waals surface area contributed by atoms with E-state index in [9.17, 15) is 0 Å². The highest BCUT2D eigenvalue weighted by atomic mass is 15.2. The molecule has 1 spiro atoms. The predicted molar refractivity (Wildman–Crippen MR) is 91.8 cm³/mol. The SMILES string of the molecule is c1ccc(CNC2=Nc3nnccc3NC23CCCCC3)cc1. The van der Waals surface area contributed by atoms with E-state index >= 15 is 0 Å². The number of aromatic nitrogens is 2. The van der Waals surface area contributed by atoms with Crippen LogP contribution in [0.15, 0.2) is 47.6 Å². The average molecular weight is 307 g/mol. The van der Waals surface area contributed by atoms with E-state index in [1.165, 1.54) is 24.8 Å². The number of nitrogens with one attached hydrogen (secondary N) is 2. The fourth-order valence-corrected chi connectivity index (χ4v) is 3.54. The van der Waals surface area contributed by atoms with Crippen LogP contribution in [0.4, 0.5) is 11.5 Å². The molecular formula is C18H21N5. The quantitative estimate of drug-likeness (QED) is 0.892. The Morgan fingerprint density at radius 2 is 1.87 bits per heavy atom. The van der Waals surface area contributed by atoms with Crippen molar-refractivity contribution in [2.75, 3.05) is 5.32 Å². The highest BCUT2D eigenvalue weighted by molar-refractivity contribution is 5.99. The topological polar surface area (TPSA) is 62.2 Å². The van der Waals surface area contributed by atoms with Crippen molar-refractivity contribution in [2.45, 2.75) is 44.2 Å². The molecule has 1 aromatic heterocycles. The molecule has 118 valence electrons. The first-order chi connectivity index (χ1) is 11.4. The van der Waals surface area contributed by atoms with E-state index in [0.29, 0.717) is 5.82 Å². The number of aliphatic imine (C=N–C) groups is 1. The summed E-state index contributed by atoms with van der Waals surface area (Å²) in [7, 11) is 0. The first kappa shape index (κ1) is 14.2. The maximum absolute atomic E-state index is 4.81. The Hall–Kier alpha value is -2.43. The van der Waals surface area contributed by atoms with Gasteiger partial charge >= 0.3 is 0 Å². The van der Waals surface area contributed by atoms with Gasteiger partial charge in [-0.3, -0.25) is 0 Å². The van der Waals surface area contributed by atoms with Gasteiger partial charge in [0.1, 0.15) is 5.84 Å². The van der Waals surface area contributed by atoms with Gasteiger partial charge in [0.15, 0.2) is 5.82 Å². The summed E-state index contributed by atoms with van der Waals surface area (Å²) >= 11 is 0. The number of benzene rings is 1. The minimum atomic E-state index is -0.0803. The summed E-state index contributed by atoms with van der Waals surface area (Å²) in [6, 6.07) is 12.4. The van der Waals surface area contributed by atoms with Crippen LogP contribution < -0.4 is 10.6 Å². The van der Waals surface area contributed by atoms with Gasteiger partial charge in [-0.2, -0.15) is 5.10 Å². The summed E-state index contributed by atoms with van der Waals surface area (Å²) in [6.45, 7) is 0.776. The Kier molecular flexibility index (Phi) is 3.69. The molecule has 0 saturated heterocycles. The van der Waals surface area contributed by atoms with Crippen LogP contribution in [-0.4, -0.2) is 21.6 Å². The lowest BCUT2D eigenvalue weighted by molar-refractivity contribution is 0.396. The van der Waals surface area contributed by atoms with Crippen molar-refractivity contribution < 1.29 is 0 Å². The fraction of sp³-hybridized carbons (Fsp3) is 0.389. The first-order valence-electron chi connectivity index (χ1n) is 8.33. The van der Waals surface area contributed by atoms with Gasteiger partial charge in [-0.25, -0.2) is 4.99 Å². The van der Waals surface area contributed by atoms with Crippen LogP contribution in [0.1, 0.15) is 37.7 Å². The van der Waals surface area contributed by atoms with E-state index in [1.54, 1.807) is 6.20 Å². The van der Waals surface area contributed by atoms with E-state index in [2.05, 4.69) is 45.1 Å². The highest BCUT2D eigenvalue weighted by Crippen LogP contribution is 2.38. The first-order valence-corrected chi connectivity index (χ1v) is 8.33. The Morgan fingerprint density at radius 1 is 1.04 bits per heavy atom. The van der Waals surface area contributed by atoms with Crippen LogP contribution in [0.2, 0.25) is 0 Å². The fourth-order valence-electron chi connectivity index (χ4n) is 3.54. The molecule has 2 aliphatic rings. The standard InChI is InChI=1S/C18H21N5/c1-3-7-14(8-4-1)13-19-17-18(10-5-2-6-11-18)22-15-9-12-20-23-16(15)21-17/h1,3-4,7-9,12,22H,2,5-6,10-11,13H2,(H,19,21,23).